The lowest BCUT2D eigenvalue weighted by molar-refractivity contribution is -0.261. The van der Waals surface area contributed by atoms with Gasteiger partial charge in [0.15, 0.2) is 6.29 Å². The van der Waals surface area contributed by atoms with Crippen LogP contribution in [0.15, 0.2) is 91.0 Å². The van der Waals surface area contributed by atoms with Gasteiger partial charge in [-0.3, -0.25) is 4.79 Å². The second-order valence-electron chi connectivity index (χ2n) is 8.36. The second-order valence-corrected chi connectivity index (χ2v) is 8.36. The summed E-state index contributed by atoms with van der Waals surface area (Å²) in [6.45, 7) is 1.12. The largest absolute Gasteiger partial charge is 0.388 e. The Morgan fingerprint density at radius 1 is 0.824 bits per heavy atom. The van der Waals surface area contributed by atoms with E-state index in [2.05, 4.69) is 5.32 Å². The van der Waals surface area contributed by atoms with E-state index < -0.39 is 42.2 Å². The molecule has 3 aromatic rings. The molecule has 0 radical (unpaired) electrons. The fourth-order valence-electron chi connectivity index (χ4n) is 4.45. The van der Waals surface area contributed by atoms with Crippen LogP contribution in [0, 0.1) is 0 Å². The summed E-state index contributed by atoms with van der Waals surface area (Å²) in [5.74, 6) is -0.454. The lowest BCUT2D eigenvalue weighted by Crippen LogP contribution is -2.64. The van der Waals surface area contributed by atoms with Gasteiger partial charge in [-0.15, -0.1) is 0 Å². The highest BCUT2D eigenvalue weighted by Gasteiger charge is 2.46. The SMILES string of the molecule is CC(=O)N[C@H]1C(O)O[C@H](COC(c2ccccc2)(c2ccccc2)c2ccccc2)[C@@H](O)[C@@H]1O. The number of ether oxygens (including phenoxy) is 2. The molecule has 7 heteroatoms. The topological polar surface area (TPSA) is 108 Å². The molecule has 7 nitrogen and oxygen atoms in total. The summed E-state index contributed by atoms with van der Waals surface area (Å²) in [6, 6.07) is 28.0. The highest BCUT2D eigenvalue weighted by Crippen LogP contribution is 2.41. The zero-order valence-corrected chi connectivity index (χ0v) is 18.8. The molecular formula is C27H29NO6. The summed E-state index contributed by atoms with van der Waals surface area (Å²) in [5.41, 5.74) is 1.57. The third-order valence-electron chi connectivity index (χ3n) is 6.10. The molecule has 0 aliphatic carbocycles. The quantitative estimate of drug-likeness (QED) is 0.399. The van der Waals surface area contributed by atoms with Crippen LogP contribution >= 0.6 is 0 Å². The van der Waals surface area contributed by atoms with E-state index in [1.807, 2.05) is 91.0 Å². The fourth-order valence-corrected chi connectivity index (χ4v) is 4.45. The standard InChI is InChI=1S/C27H29NO6/c1-18(29)28-23-25(31)24(30)22(34-26(23)32)17-33-27(19-11-5-2-6-12-19,20-13-7-3-8-14-20)21-15-9-4-10-16-21/h2-16,22-26,30-32H,17H2,1H3,(H,28,29)/t22-,23-,24-,25-,26?/m1/s1. The van der Waals surface area contributed by atoms with Crippen molar-refractivity contribution in [2.24, 2.45) is 0 Å². The highest BCUT2D eigenvalue weighted by atomic mass is 16.6. The number of rotatable bonds is 7. The minimum absolute atomic E-state index is 0.138. The summed E-state index contributed by atoms with van der Waals surface area (Å²) in [6.07, 6.45) is -5.36. The van der Waals surface area contributed by atoms with Crippen molar-refractivity contribution < 1.29 is 29.6 Å². The van der Waals surface area contributed by atoms with Crippen LogP contribution in [0.2, 0.25) is 0 Å². The van der Waals surface area contributed by atoms with Crippen LogP contribution in [0.3, 0.4) is 0 Å². The third kappa shape index (κ3) is 4.75. The van der Waals surface area contributed by atoms with Crippen molar-refractivity contribution in [2.45, 2.75) is 43.2 Å². The van der Waals surface area contributed by atoms with Gasteiger partial charge in [-0.05, 0) is 16.7 Å². The van der Waals surface area contributed by atoms with Crippen LogP contribution in [-0.4, -0.2) is 58.5 Å². The Labute approximate surface area is 198 Å². The van der Waals surface area contributed by atoms with E-state index in [1.54, 1.807) is 0 Å². The molecule has 3 aromatic carbocycles. The first-order valence-corrected chi connectivity index (χ1v) is 11.2. The molecule has 4 rings (SSSR count). The fraction of sp³-hybridized carbons (Fsp3) is 0.296. The van der Waals surface area contributed by atoms with Crippen molar-refractivity contribution in [1.82, 2.24) is 5.32 Å². The smallest absolute Gasteiger partial charge is 0.217 e. The average Bonchev–Trinajstić information content (AvgIpc) is 2.87. The van der Waals surface area contributed by atoms with Crippen LogP contribution < -0.4 is 5.32 Å². The summed E-state index contributed by atoms with van der Waals surface area (Å²) in [4.78, 5) is 11.4. The zero-order chi connectivity index (χ0) is 24.1. The predicted octanol–water partition coefficient (Wildman–Crippen LogP) is 1.94. The molecule has 0 bridgehead atoms. The number of carbonyl (C=O) groups excluding carboxylic acids is 1. The Morgan fingerprint density at radius 2 is 1.26 bits per heavy atom. The third-order valence-corrected chi connectivity index (χ3v) is 6.10. The molecule has 1 amide bonds. The summed E-state index contributed by atoms with van der Waals surface area (Å²) >= 11 is 0. The average molecular weight is 464 g/mol. The molecule has 1 aliphatic heterocycles. The van der Waals surface area contributed by atoms with Crippen LogP contribution in [0.4, 0.5) is 0 Å². The van der Waals surface area contributed by atoms with E-state index in [-0.39, 0.29) is 6.61 Å². The van der Waals surface area contributed by atoms with Gasteiger partial charge in [0, 0.05) is 6.92 Å². The predicted molar refractivity (Wildman–Crippen MR) is 126 cm³/mol. The van der Waals surface area contributed by atoms with Crippen LogP contribution in [0.5, 0.6) is 0 Å². The first-order valence-electron chi connectivity index (χ1n) is 11.2. The number of hydrogen-bond acceptors (Lipinski definition) is 6. The van der Waals surface area contributed by atoms with Crippen molar-refractivity contribution in [3.63, 3.8) is 0 Å². The minimum Gasteiger partial charge on any atom is -0.388 e. The number of aliphatic hydroxyl groups is 3. The van der Waals surface area contributed by atoms with E-state index in [0.717, 1.165) is 16.7 Å². The van der Waals surface area contributed by atoms with Gasteiger partial charge in [0.2, 0.25) is 5.91 Å². The highest BCUT2D eigenvalue weighted by molar-refractivity contribution is 5.73. The maximum atomic E-state index is 11.4. The monoisotopic (exact) mass is 463 g/mol. The first-order chi connectivity index (χ1) is 16.4. The van der Waals surface area contributed by atoms with Crippen molar-refractivity contribution in [3.8, 4) is 0 Å². The van der Waals surface area contributed by atoms with Crippen LogP contribution in [-0.2, 0) is 19.9 Å². The molecular weight excluding hydrogens is 434 g/mol. The van der Waals surface area contributed by atoms with E-state index in [1.165, 1.54) is 6.92 Å². The van der Waals surface area contributed by atoms with Gasteiger partial charge in [0.25, 0.3) is 0 Å². The van der Waals surface area contributed by atoms with Crippen molar-refractivity contribution in [1.29, 1.82) is 0 Å². The van der Waals surface area contributed by atoms with Crippen LogP contribution in [0.25, 0.3) is 0 Å². The van der Waals surface area contributed by atoms with Gasteiger partial charge >= 0.3 is 0 Å². The number of amides is 1. The minimum atomic E-state index is -1.50. The van der Waals surface area contributed by atoms with Gasteiger partial charge in [-0.2, -0.15) is 0 Å². The molecule has 1 aliphatic rings. The van der Waals surface area contributed by atoms with Gasteiger partial charge in [-0.25, -0.2) is 0 Å². The molecule has 1 heterocycles. The van der Waals surface area contributed by atoms with E-state index in [9.17, 15) is 20.1 Å². The summed E-state index contributed by atoms with van der Waals surface area (Å²) in [7, 11) is 0. The molecule has 0 spiro atoms. The number of nitrogens with one attached hydrogen (secondary N) is 1. The number of hydrogen-bond donors (Lipinski definition) is 4. The van der Waals surface area contributed by atoms with Gasteiger partial charge in [-0.1, -0.05) is 91.0 Å². The molecule has 1 fully saturated rings. The summed E-state index contributed by atoms with van der Waals surface area (Å²) < 4.78 is 12.2. The lowest BCUT2D eigenvalue weighted by Gasteiger charge is -2.43. The summed E-state index contributed by atoms with van der Waals surface area (Å²) in [5, 5.41) is 34.1. The van der Waals surface area contributed by atoms with Gasteiger partial charge in [0.1, 0.15) is 30.0 Å². The molecule has 1 saturated heterocycles. The lowest BCUT2D eigenvalue weighted by atomic mass is 9.80. The number of aliphatic hydroxyl groups excluding tert-OH is 3. The molecule has 178 valence electrons. The molecule has 5 atom stereocenters. The van der Waals surface area contributed by atoms with Gasteiger partial charge in [0.05, 0.1) is 6.61 Å². The van der Waals surface area contributed by atoms with E-state index in [0.29, 0.717) is 0 Å². The first kappa shape index (κ1) is 24.1. The van der Waals surface area contributed by atoms with Gasteiger partial charge < -0.3 is 30.1 Å². The molecule has 34 heavy (non-hydrogen) atoms. The van der Waals surface area contributed by atoms with Crippen molar-refractivity contribution >= 4 is 5.91 Å². The Morgan fingerprint density at radius 3 is 1.68 bits per heavy atom. The van der Waals surface area contributed by atoms with E-state index >= 15 is 0 Å². The number of carbonyl (C=O) groups is 1. The molecule has 4 N–H and O–H groups in total. The molecule has 0 aromatic heterocycles. The van der Waals surface area contributed by atoms with Crippen molar-refractivity contribution in [2.75, 3.05) is 6.61 Å². The second kappa shape index (κ2) is 10.5. The van der Waals surface area contributed by atoms with E-state index in [4.69, 9.17) is 9.47 Å². The Kier molecular flexibility index (Phi) is 7.41. The Balaban J connectivity index is 1.71. The maximum Gasteiger partial charge on any atom is 0.217 e. The Hall–Kier alpha value is -3.07. The van der Waals surface area contributed by atoms with Crippen molar-refractivity contribution in [3.05, 3.63) is 108 Å². The number of benzene rings is 3. The molecule has 0 saturated carbocycles. The molecule has 1 unspecified atom stereocenters. The van der Waals surface area contributed by atoms with Crippen LogP contribution in [0.1, 0.15) is 23.6 Å². The maximum absolute atomic E-state index is 11.4. The zero-order valence-electron chi connectivity index (χ0n) is 18.8. The normalized spacial score (nSPS) is 25.0. The Bertz CT molecular complexity index is 966.